The standard InChI is InChI=1S/C13H19N3O2/c14-7-10-18-12-5-3-11(4-6-12)15-13(17)16-8-1-2-9-16/h3-6H,1-2,7-10,14H2,(H,15,17). The molecule has 3 N–H and O–H groups in total. The van der Waals surface area contributed by atoms with Crippen molar-refractivity contribution in [3.63, 3.8) is 0 Å². The number of nitrogens with zero attached hydrogens (tertiary/aromatic N) is 1. The second-order valence-corrected chi connectivity index (χ2v) is 4.29. The molecule has 0 bridgehead atoms. The van der Waals surface area contributed by atoms with Crippen LogP contribution in [0.4, 0.5) is 10.5 Å². The normalized spacial score (nSPS) is 14.6. The molecule has 1 aliphatic heterocycles. The van der Waals surface area contributed by atoms with Gasteiger partial charge >= 0.3 is 6.03 Å². The largest absolute Gasteiger partial charge is 0.492 e. The molecule has 0 spiro atoms. The summed E-state index contributed by atoms with van der Waals surface area (Å²) in [7, 11) is 0. The number of benzene rings is 1. The Bertz CT molecular complexity index is 386. The molecular weight excluding hydrogens is 230 g/mol. The van der Waals surface area contributed by atoms with E-state index in [-0.39, 0.29) is 6.03 Å². The van der Waals surface area contributed by atoms with Crippen molar-refractivity contribution in [1.82, 2.24) is 4.90 Å². The lowest BCUT2D eigenvalue weighted by atomic mass is 10.3. The molecule has 0 unspecified atom stereocenters. The van der Waals surface area contributed by atoms with E-state index in [1.807, 2.05) is 29.2 Å². The molecule has 2 rings (SSSR count). The fraction of sp³-hybridized carbons (Fsp3) is 0.462. The van der Waals surface area contributed by atoms with Crippen LogP contribution in [0.5, 0.6) is 5.75 Å². The summed E-state index contributed by atoms with van der Waals surface area (Å²) in [5, 5.41) is 2.87. The first-order chi connectivity index (χ1) is 8.79. The summed E-state index contributed by atoms with van der Waals surface area (Å²) < 4.78 is 5.37. The lowest BCUT2D eigenvalue weighted by molar-refractivity contribution is 0.222. The summed E-state index contributed by atoms with van der Waals surface area (Å²) in [4.78, 5) is 13.7. The van der Waals surface area contributed by atoms with E-state index in [1.54, 1.807) is 0 Å². The molecule has 5 heteroatoms. The molecule has 98 valence electrons. The van der Waals surface area contributed by atoms with Crippen molar-refractivity contribution in [2.75, 3.05) is 31.6 Å². The minimum absolute atomic E-state index is 0.0249. The molecule has 5 nitrogen and oxygen atoms in total. The first-order valence-corrected chi connectivity index (χ1v) is 6.28. The highest BCUT2D eigenvalue weighted by Gasteiger charge is 2.17. The number of urea groups is 1. The summed E-state index contributed by atoms with van der Waals surface area (Å²) in [5.74, 6) is 0.764. The Kier molecular flexibility index (Phi) is 4.41. The zero-order chi connectivity index (χ0) is 12.8. The third kappa shape index (κ3) is 3.37. The molecule has 1 saturated heterocycles. The van der Waals surface area contributed by atoms with E-state index in [0.717, 1.165) is 37.4 Å². The number of rotatable bonds is 4. The van der Waals surface area contributed by atoms with Crippen LogP contribution < -0.4 is 15.8 Å². The zero-order valence-corrected chi connectivity index (χ0v) is 10.4. The molecule has 0 radical (unpaired) electrons. The molecule has 1 aromatic carbocycles. The Labute approximate surface area is 107 Å². The van der Waals surface area contributed by atoms with Gasteiger partial charge in [0.15, 0.2) is 0 Å². The maximum absolute atomic E-state index is 11.8. The number of carbonyl (C=O) groups is 1. The molecule has 1 fully saturated rings. The predicted octanol–water partition coefficient (Wildman–Crippen LogP) is 1.65. The van der Waals surface area contributed by atoms with Gasteiger partial charge in [-0.1, -0.05) is 0 Å². The van der Waals surface area contributed by atoms with Gasteiger partial charge in [-0.25, -0.2) is 4.79 Å². The third-order valence-electron chi connectivity index (χ3n) is 2.89. The first-order valence-electron chi connectivity index (χ1n) is 6.28. The number of ether oxygens (including phenoxy) is 1. The van der Waals surface area contributed by atoms with Gasteiger partial charge in [-0.05, 0) is 37.1 Å². The number of hydrogen-bond acceptors (Lipinski definition) is 3. The zero-order valence-electron chi connectivity index (χ0n) is 10.4. The maximum Gasteiger partial charge on any atom is 0.321 e. The summed E-state index contributed by atoms with van der Waals surface area (Å²) in [6, 6.07) is 7.30. The number of carbonyl (C=O) groups excluding carboxylic acids is 1. The number of nitrogens with one attached hydrogen (secondary N) is 1. The highest BCUT2D eigenvalue weighted by atomic mass is 16.5. The van der Waals surface area contributed by atoms with Gasteiger partial charge in [-0.3, -0.25) is 0 Å². The van der Waals surface area contributed by atoms with Gasteiger partial charge in [-0.2, -0.15) is 0 Å². The molecule has 2 amide bonds. The van der Waals surface area contributed by atoms with E-state index in [0.29, 0.717) is 13.2 Å². The molecule has 0 aromatic heterocycles. The monoisotopic (exact) mass is 249 g/mol. The van der Waals surface area contributed by atoms with Crippen LogP contribution in [-0.4, -0.2) is 37.2 Å². The van der Waals surface area contributed by atoms with Crippen molar-refractivity contribution in [1.29, 1.82) is 0 Å². The molecule has 1 aliphatic rings. The minimum atomic E-state index is -0.0249. The minimum Gasteiger partial charge on any atom is -0.492 e. The summed E-state index contributed by atoms with van der Waals surface area (Å²) in [6.07, 6.45) is 2.19. The van der Waals surface area contributed by atoms with Gasteiger partial charge in [0, 0.05) is 25.3 Å². The van der Waals surface area contributed by atoms with Crippen molar-refractivity contribution in [3.05, 3.63) is 24.3 Å². The van der Waals surface area contributed by atoms with E-state index in [1.165, 1.54) is 0 Å². The lowest BCUT2D eigenvalue weighted by Crippen LogP contribution is -2.32. The first kappa shape index (κ1) is 12.7. The summed E-state index contributed by atoms with van der Waals surface area (Å²) in [6.45, 7) is 2.69. The van der Waals surface area contributed by atoms with E-state index in [2.05, 4.69) is 5.32 Å². The van der Waals surface area contributed by atoms with Crippen LogP contribution in [0.1, 0.15) is 12.8 Å². The third-order valence-corrected chi connectivity index (χ3v) is 2.89. The Morgan fingerprint density at radius 3 is 2.56 bits per heavy atom. The van der Waals surface area contributed by atoms with Gasteiger partial charge in [-0.15, -0.1) is 0 Å². The van der Waals surface area contributed by atoms with Crippen LogP contribution in [0, 0.1) is 0 Å². The van der Waals surface area contributed by atoms with E-state index >= 15 is 0 Å². The molecule has 1 heterocycles. The second-order valence-electron chi connectivity index (χ2n) is 4.29. The topological polar surface area (TPSA) is 67.6 Å². The van der Waals surface area contributed by atoms with Crippen molar-refractivity contribution in [2.24, 2.45) is 5.73 Å². The Morgan fingerprint density at radius 1 is 1.28 bits per heavy atom. The van der Waals surface area contributed by atoms with E-state index in [9.17, 15) is 4.79 Å². The molecular formula is C13H19N3O2. The van der Waals surface area contributed by atoms with Gasteiger partial charge in [0.05, 0.1) is 0 Å². The highest BCUT2D eigenvalue weighted by molar-refractivity contribution is 5.89. The molecule has 0 atom stereocenters. The molecule has 0 saturated carbocycles. The Balaban J connectivity index is 1.87. The fourth-order valence-electron chi connectivity index (χ4n) is 1.93. The average molecular weight is 249 g/mol. The van der Waals surface area contributed by atoms with Gasteiger partial charge in [0.1, 0.15) is 12.4 Å². The van der Waals surface area contributed by atoms with Crippen molar-refractivity contribution < 1.29 is 9.53 Å². The van der Waals surface area contributed by atoms with Crippen LogP contribution in [-0.2, 0) is 0 Å². The van der Waals surface area contributed by atoms with Crippen LogP contribution in [0.15, 0.2) is 24.3 Å². The maximum atomic E-state index is 11.8. The molecule has 0 aliphatic carbocycles. The number of anilines is 1. The summed E-state index contributed by atoms with van der Waals surface area (Å²) >= 11 is 0. The van der Waals surface area contributed by atoms with Crippen LogP contribution in [0.2, 0.25) is 0 Å². The quantitative estimate of drug-likeness (QED) is 0.852. The molecule has 1 aromatic rings. The fourth-order valence-corrected chi connectivity index (χ4v) is 1.93. The number of likely N-dealkylation sites (tertiary alicyclic amines) is 1. The van der Waals surface area contributed by atoms with Crippen LogP contribution >= 0.6 is 0 Å². The SMILES string of the molecule is NCCOc1ccc(NC(=O)N2CCCC2)cc1. The van der Waals surface area contributed by atoms with Crippen molar-refractivity contribution in [3.8, 4) is 5.75 Å². The smallest absolute Gasteiger partial charge is 0.321 e. The lowest BCUT2D eigenvalue weighted by Gasteiger charge is -2.16. The van der Waals surface area contributed by atoms with Gasteiger partial charge in [0.2, 0.25) is 0 Å². The van der Waals surface area contributed by atoms with Crippen LogP contribution in [0.3, 0.4) is 0 Å². The number of nitrogens with two attached hydrogens (primary N) is 1. The summed E-state index contributed by atoms with van der Waals surface area (Å²) in [5.41, 5.74) is 6.14. The van der Waals surface area contributed by atoms with Gasteiger partial charge < -0.3 is 20.7 Å². The van der Waals surface area contributed by atoms with Crippen molar-refractivity contribution in [2.45, 2.75) is 12.8 Å². The number of amides is 2. The molecule has 18 heavy (non-hydrogen) atoms. The van der Waals surface area contributed by atoms with E-state index in [4.69, 9.17) is 10.5 Å². The Hall–Kier alpha value is -1.75. The highest BCUT2D eigenvalue weighted by Crippen LogP contribution is 2.17. The number of hydrogen-bond donors (Lipinski definition) is 2. The Morgan fingerprint density at radius 2 is 1.94 bits per heavy atom. The predicted molar refractivity (Wildman–Crippen MR) is 70.8 cm³/mol. The van der Waals surface area contributed by atoms with E-state index < -0.39 is 0 Å². The average Bonchev–Trinajstić information content (AvgIpc) is 2.92. The van der Waals surface area contributed by atoms with Crippen LogP contribution in [0.25, 0.3) is 0 Å². The second kappa shape index (κ2) is 6.26. The van der Waals surface area contributed by atoms with Crippen molar-refractivity contribution >= 4 is 11.7 Å². The van der Waals surface area contributed by atoms with Gasteiger partial charge in [0.25, 0.3) is 0 Å².